The first-order valence-electron chi connectivity index (χ1n) is 8.95. The Morgan fingerprint density at radius 3 is 2.36 bits per heavy atom. The molecule has 0 spiro atoms. The van der Waals surface area contributed by atoms with Crippen LogP contribution in [0.3, 0.4) is 0 Å². The van der Waals surface area contributed by atoms with E-state index >= 15 is 0 Å². The van der Waals surface area contributed by atoms with Crippen molar-refractivity contribution in [3.05, 3.63) is 29.8 Å². The van der Waals surface area contributed by atoms with Gasteiger partial charge in [-0.2, -0.15) is 0 Å². The van der Waals surface area contributed by atoms with Crippen LogP contribution in [0.2, 0.25) is 0 Å². The number of nitrogens with one attached hydrogen (secondary N) is 1. The lowest BCUT2D eigenvalue weighted by molar-refractivity contribution is -0.138. The minimum Gasteiger partial charge on any atom is -0.375 e. The lowest BCUT2D eigenvalue weighted by Crippen LogP contribution is -2.33. The van der Waals surface area contributed by atoms with Crippen molar-refractivity contribution in [2.45, 2.75) is 39.0 Å². The van der Waals surface area contributed by atoms with Gasteiger partial charge in [0.1, 0.15) is 0 Å². The molecule has 0 bridgehead atoms. The number of hydrogen-bond donors (Lipinski definition) is 1. The molecule has 0 radical (unpaired) electrons. The topological polar surface area (TPSA) is 69.7 Å². The van der Waals surface area contributed by atoms with Crippen LogP contribution in [0.15, 0.2) is 24.3 Å². The Hall–Kier alpha value is -2.37. The Bertz CT molecular complexity index is 597. The normalized spacial score (nSPS) is 14.1. The van der Waals surface area contributed by atoms with E-state index in [9.17, 15) is 14.4 Å². The summed E-state index contributed by atoms with van der Waals surface area (Å²) in [6, 6.07) is 7.54. The standard InChI is InChI=1S/C19H27N3O3/c1-3-4-13-21(2)16-8-6-15(7-9-16)19(25)20-12-5-14-22-17(23)10-11-18(22)24/h6-9H,3-5,10-14H2,1-2H3,(H,20,25). The van der Waals surface area contributed by atoms with Crippen LogP contribution in [-0.4, -0.2) is 49.3 Å². The van der Waals surface area contributed by atoms with E-state index in [1.54, 1.807) is 0 Å². The van der Waals surface area contributed by atoms with Crippen LogP contribution in [0, 0.1) is 0 Å². The van der Waals surface area contributed by atoms with E-state index in [0.29, 0.717) is 37.9 Å². The fourth-order valence-electron chi connectivity index (χ4n) is 2.81. The van der Waals surface area contributed by atoms with Crippen LogP contribution in [0.5, 0.6) is 0 Å². The first-order valence-corrected chi connectivity index (χ1v) is 8.95. The van der Waals surface area contributed by atoms with E-state index in [4.69, 9.17) is 0 Å². The van der Waals surface area contributed by atoms with Crippen molar-refractivity contribution in [2.75, 3.05) is 31.6 Å². The highest BCUT2D eigenvalue weighted by molar-refractivity contribution is 6.01. The highest BCUT2D eigenvalue weighted by Gasteiger charge is 2.27. The molecule has 6 heteroatoms. The van der Waals surface area contributed by atoms with Gasteiger partial charge in [-0.25, -0.2) is 0 Å². The number of benzene rings is 1. The summed E-state index contributed by atoms with van der Waals surface area (Å²) in [4.78, 5) is 38.6. The van der Waals surface area contributed by atoms with Crippen LogP contribution in [0.4, 0.5) is 5.69 Å². The number of nitrogens with zero attached hydrogens (tertiary/aromatic N) is 2. The molecule has 1 heterocycles. The molecule has 6 nitrogen and oxygen atoms in total. The Kier molecular flexibility index (Phi) is 6.98. The number of carbonyl (C=O) groups excluding carboxylic acids is 3. The summed E-state index contributed by atoms with van der Waals surface area (Å²) in [5.41, 5.74) is 1.71. The van der Waals surface area contributed by atoms with Crippen LogP contribution in [0.1, 0.15) is 49.4 Å². The second-order valence-corrected chi connectivity index (χ2v) is 6.37. The van der Waals surface area contributed by atoms with E-state index in [1.165, 1.54) is 4.90 Å². The number of rotatable bonds is 9. The molecule has 1 aliphatic heterocycles. The van der Waals surface area contributed by atoms with E-state index < -0.39 is 0 Å². The first-order chi connectivity index (χ1) is 12.0. The maximum Gasteiger partial charge on any atom is 0.251 e. The Morgan fingerprint density at radius 1 is 1.12 bits per heavy atom. The van der Waals surface area contributed by atoms with Gasteiger partial charge >= 0.3 is 0 Å². The van der Waals surface area contributed by atoms with Gasteiger partial charge in [0.2, 0.25) is 11.8 Å². The molecule has 2 rings (SSSR count). The van der Waals surface area contributed by atoms with Crippen molar-refractivity contribution < 1.29 is 14.4 Å². The van der Waals surface area contributed by atoms with Crippen LogP contribution >= 0.6 is 0 Å². The third-order valence-electron chi connectivity index (χ3n) is 4.42. The quantitative estimate of drug-likeness (QED) is 0.550. The summed E-state index contributed by atoms with van der Waals surface area (Å²) in [6.45, 7) is 3.97. The molecule has 0 atom stereocenters. The molecule has 3 amide bonds. The van der Waals surface area contributed by atoms with Gasteiger partial charge in [-0.3, -0.25) is 19.3 Å². The summed E-state index contributed by atoms with van der Waals surface area (Å²) >= 11 is 0. The van der Waals surface area contributed by atoms with Gasteiger partial charge in [0.25, 0.3) is 5.91 Å². The molecule has 1 N–H and O–H groups in total. The third kappa shape index (κ3) is 5.31. The van der Waals surface area contributed by atoms with Gasteiger partial charge in [0.15, 0.2) is 0 Å². The summed E-state index contributed by atoms with van der Waals surface area (Å²) in [6.07, 6.45) is 3.48. The zero-order valence-corrected chi connectivity index (χ0v) is 15.1. The number of hydrogen-bond acceptors (Lipinski definition) is 4. The average Bonchev–Trinajstić information content (AvgIpc) is 2.94. The van der Waals surface area contributed by atoms with Crippen molar-refractivity contribution in [1.82, 2.24) is 10.2 Å². The number of carbonyl (C=O) groups is 3. The second kappa shape index (κ2) is 9.20. The van der Waals surface area contributed by atoms with Crippen molar-refractivity contribution in [3.63, 3.8) is 0 Å². The predicted molar refractivity (Wildman–Crippen MR) is 97.5 cm³/mol. The van der Waals surface area contributed by atoms with Crippen LogP contribution < -0.4 is 10.2 Å². The largest absolute Gasteiger partial charge is 0.375 e. The van der Waals surface area contributed by atoms with E-state index in [1.807, 2.05) is 31.3 Å². The molecule has 25 heavy (non-hydrogen) atoms. The minimum atomic E-state index is -0.137. The van der Waals surface area contributed by atoms with Gasteiger partial charge in [-0.1, -0.05) is 13.3 Å². The van der Waals surface area contributed by atoms with Crippen LogP contribution in [-0.2, 0) is 9.59 Å². The van der Waals surface area contributed by atoms with Crippen LogP contribution in [0.25, 0.3) is 0 Å². The molecular formula is C19H27N3O3. The summed E-state index contributed by atoms with van der Waals surface area (Å²) in [5, 5.41) is 2.83. The van der Waals surface area contributed by atoms with Crippen molar-refractivity contribution in [1.29, 1.82) is 0 Å². The molecule has 1 aromatic rings. The maximum atomic E-state index is 12.2. The molecule has 1 saturated heterocycles. The SMILES string of the molecule is CCCCN(C)c1ccc(C(=O)NCCCN2C(=O)CCC2=O)cc1. The van der Waals surface area contributed by atoms with Gasteiger partial charge < -0.3 is 10.2 Å². The van der Waals surface area contributed by atoms with Gasteiger partial charge in [-0.15, -0.1) is 0 Å². The molecule has 0 unspecified atom stereocenters. The average molecular weight is 345 g/mol. The number of amides is 3. The van der Waals surface area contributed by atoms with E-state index in [0.717, 1.165) is 25.1 Å². The zero-order chi connectivity index (χ0) is 18.2. The van der Waals surface area contributed by atoms with Crippen molar-refractivity contribution in [3.8, 4) is 0 Å². The monoisotopic (exact) mass is 345 g/mol. The number of likely N-dealkylation sites (tertiary alicyclic amines) is 1. The third-order valence-corrected chi connectivity index (χ3v) is 4.42. The fourth-order valence-corrected chi connectivity index (χ4v) is 2.81. The van der Waals surface area contributed by atoms with E-state index in [-0.39, 0.29) is 17.7 Å². The number of imide groups is 1. The summed E-state index contributed by atoms with van der Waals surface area (Å²) in [5.74, 6) is -0.361. The summed E-state index contributed by atoms with van der Waals surface area (Å²) < 4.78 is 0. The van der Waals surface area contributed by atoms with E-state index in [2.05, 4.69) is 17.1 Å². The Morgan fingerprint density at radius 2 is 1.76 bits per heavy atom. The predicted octanol–water partition coefficient (Wildman–Crippen LogP) is 2.19. The van der Waals surface area contributed by atoms with Gasteiger partial charge in [-0.05, 0) is 37.1 Å². The molecule has 1 fully saturated rings. The minimum absolute atomic E-state index is 0.112. The lowest BCUT2D eigenvalue weighted by Gasteiger charge is -2.19. The van der Waals surface area contributed by atoms with Gasteiger partial charge in [0.05, 0.1) is 0 Å². The molecule has 1 aliphatic rings. The Labute approximate surface area is 149 Å². The number of unbranched alkanes of at least 4 members (excludes halogenated alkanes) is 1. The molecule has 1 aromatic carbocycles. The smallest absolute Gasteiger partial charge is 0.251 e. The fraction of sp³-hybridized carbons (Fsp3) is 0.526. The second-order valence-electron chi connectivity index (χ2n) is 6.37. The first kappa shape index (κ1) is 19.0. The number of anilines is 1. The highest BCUT2D eigenvalue weighted by atomic mass is 16.2. The molecule has 0 saturated carbocycles. The van der Waals surface area contributed by atoms with Crippen molar-refractivity contribution in [2.24, 2.45) is 0 Å². The van der Waals surface area contributed by atoms with Gasteiger partial charge in [0, 0.05) is 50.8 Å². The maximum absolute atomic E-state index is 12.2. The molecule has 136 valence electrons. The Balaban J connectivity index is 1.75. The molecule has 0 aliphatic carbocycles. The highest BCUT2D eigenvalue weighted by Crippen LogP contribution is 2.15. The molecule has 0 aromatic heterocycles. The zero-order valence-electron chi connectivity index (χ0n) is 15.1. The lowest BCUT2D eigenvalue weighted by atomic mass is 10.1. The molecular weight excluding hydrogens is 318 g/mol. The summed E-state index contributed by atoms with van der Waals surface area (Å²) in [7, 11) is 2.05. The van der Waals surface area contributed by atoms with Crippen molar-refractivity contribution >= 4 is 23.4 Å².